The Bertz CT molecular complexity index is 1570. The molecule has 0 spiro atoms. The number of thiophene rings is 1. The minimum Gasteiger partial charge on any atom is -0.337 e. The normalized spacial score (nSPS) is 13.0. The third kappa shape index (κ3) is 4.28. The molecular formula is C25H21ClN4O4S. The molecule has 3 heterocycles. The molecule has 2 aromatic carbocycles. The lowest BCUT2D eigenvalue weighted by atomic mass is 10.1. The van der Waals surface area contributed by atoms with Gasteiger partial charge in [0, 0.05) is 29.1 Å². The molecule has 0 bridgehead atoms. The van der Waals surface area contributed by atoms with Gasteiger partial charge in [-0.25, -0.2) is 9.36 Å². The fraction of sp³-hybridized carbons (Fsp3) is 0.200. The summed E-state index contributed by atoms with van der Waals surface area (Å²) < 4.78 is 2.46. The smallest absolute Gasteiger partial charge is 0.337 e. The van der Waals surface area contributed by atoms with Crippen LogP contribution in [-0.4, -0.2) is 32.4 Å². The summed E-state index contributed by atoms with van der Waals surface area (Å²) in [6, 6.07) is 15.3. The van der Waals surface area contributed by atoms with E-state index in [1.165, 1.54) is 22.8 Å². The van der Waals surface area contributed by atoms with Crippen LogP contribution in [0.3, 0.4) is 0 Å². The highest BCUT2D eigenvalue weighted by Gasteiger charge is 2.28. The van der Waals surface area contributed by atoms with Gasteiger partial charge in [0.2, 0.25) is 11.8 Å². The number of carbonyl (C=O) groups excluding carboxylic acids is 2. The molecule has 1 aliphatic heterocycles. The molecule has 178 valence electrons. The van der Waals surface area contributed by atoms with E-state index in [1.54, 1.807) is 59.5 Å². The number of hydrogen-bond donors (Lipinski definition) is 1. The number of nitrogens with zero attached hydrogens (tertiary/aromatic N) is 3. The maximum Gasteiger partial charge on any atom is 0.337 e. The number of rotatable bonds is 4. The molecule has 8 nitrogen and oxygen atoms in total. The first-order valence-corrected chi connectivity index (χ1v) is 12.2. The minimum atomic E-state index is -0.595. The summed E-state index contributed by atoms with van der Waals surface area (Å²) in [4.78, 5) is 55.1. The maximum atomic E-state index is 13.6. The number of halogens is 1. The predicted molar refractivity (Wildman–Crippen MR) is 137 cm³/mol. The van der Waals surface area contributed by atoms with Crippen LogP contribution < -0.4 is 16.6 Å². The molecule has 1 N–H and O–H groups in total. The fourth-order valence-electron chi connectivity index (χ4n) is 4.30. The van der Waals surface area contributed by atoms with Gasteiger partial charge >= 0.3 is 5.69 Å². The molecule has 0 saturated heterocycles. The number of hydrogen-bond acceptors (Lipinski definition) is 5. The van der Waals surface area contributed by atoms with Crippen LogP contribution in [0.1, 0.15) is 17.4 Å². The summed E-state index contributed by atoms with van der Waals surface area (Å²) >= 11 is 7.21. The number of nitrogens with one attached hydrogen (secondary N) is 1. The van der Waals surface area contributed by atoms with Gasteiger partial charge in [0.25, 0.3) is 5.56 Å². The zero-order chi connectivity index (χ0) is 24.7. The Kier molecular flexibility index (Phi) is 6.04. The number of para-hydroxylation sites is 1. The molecule has 10 heteroatoms. The van der Waals surface area contributed by atoms with Gasteiger partial charge < -0.3 is 10.2 Å². The van der Waals surface area contributed by atoms with Crippen LogP contribution in [0.15, 0.2) is 64.2 Å². The fourth-order valence-corrected chi connectivity index (χ4v) is 5.77. The number of fused-ring (bicyclic) bond motifs is 3. The van der Waals surface area contributed by atoms with Gasteiger partial charge in [-0.3, -0.25) is 19.0 Å². The van der Waals surface area contributed by atoms with E-state index < -0.39 is 17.2 Å². The first-order chi connectivity index (χ1) is 16.8. The molecular weight excluding hydrogens is 488 g/mol. The Balaban J connectivity index is 1.66. The van der Waals surface area contributed by atoms with Gasteiger partial charge in [0.1, 0.15) is 11.4 Å². The van der Waals surface area contributed by atoms with E-state index in [9.17, 15) is 19.2 Å². The van der Waals surface area contributed by atoms with Crippen molar-refractivity contribution >= 4 is 50.7 Å². The van der Waals surface area contributed by atoms with Gasteiger partial charge in [-0.15, -0.1) is 11.3 Å². The van der Waals surface area contributed by atoms with Crippen molar-refractivity contribution in [2.45, 2.75) is 26.4 Å². The van der Waals surface area contributed by atoms with Gasteiger partial charge in [-0.1, -0.05) is 29.8 Å². The average molecular weight is 509 g/mol. The predicted octanol–water partition coefficient (Wildman–Crippen LogP) is 3.41. The van der Waals surface area contributed by atoms with Crippen molar-refractivity contribution in [1.29, 1.82) is 0 Å². The van der Waals surface area contributed by atoms with Gasteiger partial charge in [0.15, 0.2) is 0 Å². The topological polar surface area (TPSA) is 93.4 Å². The van der Waals surface area contributed by atoms with E-state index in [1.807, 2.05) is 0 Å². The molecule has 35 heavy (non-hydrogen) atoms. The van der Waals surface area contributed by atoms with Crippen LogP contribution >= 0.6 is 22.9 Å². The average Bonchev–Trinajstić information content (AvgIpc) is 3.23. The first-order valence-electron chi connectivity index (χ1n) is 11.0. The SMILES string of the molecule is CC(=O)N1CCc2c(sc3c2c(=O)n(-c2ccccc2)c(=O)n3CC(=O)Nc2ccc(Cl)cc2)C1. The highest BCUT2D eigenvalue weighted by Crippen LogP contribution is 2.33. The Labute approximate surface area is 209 Å². The molecule has 0 unspecified atom stereocenters. The highest BCUT2D eigenvalue weighted by atomic mass is 35.5. The van der Waals surface area contributed by atoms with Crippen LogP contribution in [0.5, 0.6) is 0 Å². The van der Waals surface area contributed by atoms with Crippen molar-refractivity contribution < 1.29 is 9.59 Å². The molecule has 0 atom stereocenters. The van der Waals surface area contributed by atoms with Gasteiger partial charge in [-0.2, -0.15) is 0 Å². The number of amides is 2. The molecule has 2 aromatic heterocycles. The van der Waals surface area contributed by atoms with Crippen LogP contribution in [0.4, 0.5) is 5.69 Å². The molecule has 2 amide bonds. The number of anilines is 1. The Morgan fingerprint density at radius 3 is 2.46 bits per heavy atom. The van der Waals surface area contributed by atoms with Crippen LogP contribution in [0.25, 0.3) is 15.9 Å². The number of carbonyl (C=O) groups is 2. The van der Waals surface area contributed by atoms with Crippen molar-refractivity contribution in [3.63, 3.8) is 0 Å². The van der Waals surface area contributed by atoms with Crippen molar-refractivity contribution in [3.8, 4) is 5.69 Å². The minimum absolute atomic E-state index is 0.0467. The lowest BCUT2D eigenvalue weighted by Crippen LogP contribution is -2.40. The van der Waals surface area contributed by atoms with Crippen molar-refractivity contribution in [1.82, 2.24) is 14.0 Å². The molecule has 0 radical (unpaired) electrons. The summed E-state index contributed by atoms with van der Waals surface area (Å²) in [5, 5.41) is 3.74. The van der Waals surface area contributed by atoms with Crippen molar-refractivity contribution in [2.24, 2.45) is 0 Å². The maximum absolute atomic E-state index is 13.6. The molecule has 0 fully saturated rings. The monoisotopic (exact) mass is 508 g/mol. The lowest BCUT2D eigenvalue weighted by molar-refractivity contribution is -0.129. The third-order valence-corrected chi connectivity index (χ3v) is 7.50. The van der Waals surface area contributed by atoms with Gasteiger partial charge in [0.05, 0.1) is 17.6 Å². The zero-order valence-corrected chi connectivity index (χ0v) is 20.4. The Hall–Kier alpha value is -3.69. The second-order valence-corrected chi connectivity index (χ2v) is 9.79. The first kappa shape index (κ1) is 23.1. The lowest BCUT2D eigenvalue weighted by Gasteiger charge is -2.25. The van der Waals surface area contributed by atoms with Crippen LogP contribution in [-0.2, 0) is 29.1 Å². The molecule has 5 rings (SSSR count). The van der Waals surface area contributed by atoms with E-state index in [4.69, 9.17) is 11.6 Å². The quantitative estimate of drug-likeness (QED) is 0.457. The third-order valence-electron chi connectivity index (χ3n) is 6.01. The van der Waals surface area contributed by atoms with Crippen LogP contribution in [0, 0.1) is 0 Å². The van der Waals surface area contributed by atoms with Crippen LogP contribution in [0.2, 0.25) is 5.02 Å². The summed E-state index contributed by atoms with van der Waals surface area (Å²) in [5.41, 5.74) is 0.797. The largest absolute Gasteiger partial charge is 0.337 e. The summed E-state index contributed by atoms with van der Waals surface area (Å²) in [6.07, 6.45) is 0.508. The molecule has 0 aliphatic carbocycles. The Morgan fingerprint density at radius 1 is 1.06 bits per heavy atom. The molecule has 1 aliphatic rings. The van der Waals surface area contributed by atoms with Crippen molar-refractivity contribution in [3.05, 3.63) is 90.9 Å². The molecule has 0 saturated carbocycles. The van der Waals surface area contributed by atoms with E-state index in [0.29, 0.717) is 46.1 Å². The van der Waals surface area contributed by atoms with Crippen molar-refractivity contribution in [2.75, 3.05) is 11.9 Å². The van der Waals surface area contributed by atoms with E-state index in [-0.39, 0.29) is 12.5 Å². The van der Waals surface area contributed by atoms with Gasteiger partial charge in [-0.05, 0) is 48.4 Å². The number of benzene rings is 2. The van der Waals surface area contributed by atoms with E-state index in [0.717, 1.165) is 15.0 Å². The zero-order valence-electron chi connectivity index (χ0n) is 18.8. The standard InChI is InChI=1S/C25H21ClN4O4S/c1-15(31)28-12-11-19-20(13-28)35-24-22(19)23(33)30(18-5-3-2-4-6-18)25(34)29(24)14-21(32)27-17-9-7-16(26)8-10-17/h2-10H,11-14H2,1H3,(H,27,32). The second-order valence-electron chi connectivity index (χ2n) is 8.27. The molecule has 4 aromatic rings. The highest BCUT2D eigenvalue weighted by molar-refractivity contribution is 7.18. The summed E-state index contributed by atoms with van der Waals surface area (Å²) in [6.45, 7) is 2.10. The second kappa shape index (κ2) is 9.16. The summed E-state index contributed by atoms with van der Waals surface area (Å²) in [7, 11) is 0. The van der Waals surface area contributed by atoms with E-state index in [2.05, 4.69) is 5.32 Å². The number of aromatic nitrogens is 2. The summed E-state index contributed by atoms with van der Waals surface area (Å²) in [5.74, 6) is -0.458. The Morgan fingerprint density at radius 2 is 1.77 bits per heavy atom. The van der Waals surface area contributed by atoms with E-state index >= 15 is 0 Å².